The van der Waals surface area contributed by atoms with E-state index in [4.69, 9.17) is 0 Å². The summed E-state index contributed by atoms with van der Waals surface area (Å²) < 4.78 is 0. The van der Waals surface area contributed by atoms with Crippen LogP contribution in [0.2, 0.25) is 0 Å². The van der Waals surface area contributed by atoms with Gasteiger partial charge in [0.25, 0.3) is 5.91 Å². The molecule has 1 aliphatic carbocycles. The maximum absolute atomic E-state index is 13.0. The second kappa shape index (κ2) is 7.71. The van der Waals surface area contributed by atoms with Crippen molar-refractivity contribution in [1.82, 2.24) is 10.2 Å². The Morgan fingerprint density at radius 1 is 1.22 bits per heavy atom. The van der Waals surface area contributed by atoms with Gasteiger partial charge < -0.3 is 10.6 Å². The maximum Gasteiger partial charge on any atom is 0.325 e. The molecule has 0 bridgehead atoms. The van der Waals surface area contributed by atoms with Gasteiger partial charge in [-0.15, -0.1) is 0 Å². The van der Waals surface area contributed by atoms with Crippen molar-refractivity contribution in [3.05, 3.63) is 29.3 Å². The summed E-state index contributed by atoms with van der Waals surface area (Å²) in [4.78, 5) is 39.2. The lowest BCUT2D eigenvalue weighted by atomic mass is 9.73. The van der Waals surface area contributed by atoms with E-state index < -0.39 is 11.6 Å². The second-order valence-corrected chi connectivity index (χ2v) is 7.65. The van der Waals surface area contributed by atoms with Crippen LogP contribution >= 0.6 is 0 Å². The van der Waals surface area contributed by atoms with E-state index in [2.05, 4.69) is 10.6 Å². The van der Waals surface area contributed by atoms with E-state index in [9.17, 15) is 14.4 Å². The average molecular weight is 371 g/mol. The number of carbonyl (C=O) groups excluding carboxylic acids is 3. The lowest BCUT2D eigenvalue weighted by molar-refractivity contribution is -0.136. The molecule has 0 radical (unpaired) electrons. The molecule has 3 rings (SSSR count). The number of aryl methyl sites for hydroxylation is 2. The van der Waals surface area contributed by atoms with Crippen molar-refractivity contribution in [3.8, 4) is 0 Å². The van der Waals surface area contributed by atoms with E-state index in [-0.39, 0.29) is 24.3 Å². The molecular formula is C21H29N3O3. The number of hydrogen-bond acceptors (Lipinski definition) is 3. The Morgan fingerprint density at radius 2 is 1.89 bits per heavy atom. The number of hydrogen-bond donors (Lipinski definition) is 2. The van der Waals surface area contributed by atoms with Crippen LogP contribution < -0.4 is 10.6 Å². The molecule has 2 aliphatic rings. The van der Waals surface area contributed by atoms with Crippen LogP contribution in [-0.4, -0.2) is 34.8 Å². The van der Waals surface area contributed by atoms with E-state index in [0.717, 1.165) is 53.8 Å². The molecule has 1 aliphatic heterocycles. The Bertz CT molecular complexity index is 739. The topological polar surface area (TPSA) is 78.5 Å². The summed E-state index contributed by atoms with van der Waals surface area (Å²) in [6.45, 7) is 5.83. The van der Waals surface area contributed by atoms with Crippen molar-refractivity contribution in [2.45, 2.75) is 64.8 Å². The number of imide groups is 1. The smallest absolute Gasteiger partial charge is 0.324 e. The first-order valence-electron chi connectivity index (χ1n) is 9.97. The van der Waals surface area contributed by atoms with Crippen LogP contribution in [0.1, 0.15) is 57.6 Å². The molecule has 1 aromatic carbocycles. The van der Waals surface area contributed by atoms with Gasteiger partial charge in [-0.05, 0) is 42.7 Å². The third-order valence-electron chi connectivity index (χ3n) is 6.07. The molecule has 2 N–H and O–H groups in total. The summed E-state index contributed by atoms with van der Waals surface area (Å²) in [6.07, 6.45) is 5.14. The van der Waals surface area contributed by atoms with Gasteiger partial charge in [0, 0.05) is 5.69 Å². The summed E-state index contributed by atoms with van der Waals surface area (Å²) in [6, 6.07) is 5.50. The van der Waals surface area contributed by atoms with Gasteiger partial charge in [0.2, 0.25) is 5.91 Å². The molecule has 1 aromatic rings. The lowest BCUT2D eigenvalue weighted by Crippen LogP contribution is -2.54. The molecule has 0 unspecified atom stereocenters. The van der Waals surface area contributed by atoms with Crippen LogP contribution in [-0.2, 0) is 22.4 Å². The minimum absolute atomic E-state index is 0.0864. The number of carbonyl (C=O) groups is 3. The SMILES string of the molecule is CCc1cccc(CC)c1NC(=O)CN1C(=O)N[C@@]2(CCCC[C@@H]2C)C1=O. The van der Waals surface area contributed by atoms with Crippen molar-refractivity contribution in [2.24, 2.45) is 5.92 Å². The summed E-state index contributed by atoms with van der Waals surface area (Å²) in [5.74, 6) is -0.507. The number of amides is 4. The van der Waals surface area contributed by atoms with Crippen LogP contribution in [0.4, 0.5) is 10.5 Å². The molecule has 146 valence electrons. The van der Waals surface area contributed by atoms with Crippen LogP contribution in [0, 0.1) is 5.92 Å². The fraction of sp³-hybridized carbons (Fsp3) is 0.571. The zero-order chi connectivity index (χ0) is 19.6. The molecular weight excluding hydrogens is 342 g/mol. The quantitative estimate of drug-likeness (QED) is 0.780. The standard InChI is InChI=1S/C21H29N3O3/c1-4-15-10-8-11-16(5-2)18(15)22-17(25)13-24-19(26)21(23-20(24)27)12-7-6-9-14(21)3/h8,10-11,14H,4-7,9,12-13H2,1-3H3,(H,22,25)(H,23,27)/t14-,21+/m0/s1. The molecule has 6 heteroatoms. The minimum atomic E-state index is -0.828. The first-order chi connectivity index (χ1) is 12.9. The summed E-state index contributed by atoms with van der Waals surface area (Å²) >= 11 is 0. The number of nitrogens with zero attached hydrogens (tertiary/aromatic N) is 1. The molecule has 1 saturated heterocycles. The summed E-state index contributed by atoms with van der Waals surface area (Å²) in [5.41, 5.74) is 2.08. The van der Waals surface area contributed by atoms with Gasteiger partial charge in [-0.25, -0.2) is 4.79 Å². The number of urea groups is 1. The van der Waals surface area contributed by atoms with Crippen LogP contribution in [0.25, 0.3) is 0 Å². The molecule has 6 nitrogen and oxygen atoms in total. The van der Waals surface area contributed by atoms with E-state index in [1.165, 1.54) is 0 Å². The fourth-order valence-corrected chi connectivity index (χ4v) is 4.36. The van der Waals surface area contributed by atoms with Crippen molar-refractivity contribution in [2.75, 3.05) is 11.9 Å². The van der Waals surface area contributed by atoms with Gasteiger partial charge in [-0.3, -0.25) is 14.5 Å². The molecule has 1 spiro atoms. The monoisotopic (exact) mass is 371 g/mol. The van der Waals surface area contributed by atoms with Crippen molar-refractivity contribution < 1.29 is 14.4 Å². The highest BCUT2D eigenvalue weighted by atomic mass is 16.2. The highest BCUT2D eigenvalue weighted by Crippen LogP contribution is 2.38. The number of nitrogens with one attached hydrogen (secondary N) is 2. The van der Waals surface area contributed by atoms with Crippen molar-refractivity contribution in [1.29, 1.82) is 0 Å². The molecule has 27 heavy (non-hydrogen) atoms. The van der Waals surface area contributed by atoms with E-state index in [1.54, 1.807) is 0 Å². The zero-order valence-corrected chi connectivity index (χ0v) is 16.4. The molecule has 4 amide bonds. The third kappa shape index (κ3) is 3.45. The molecule has 1 saturated carbocycles. The summed E-state index contributed by atoms with van der Waals surface area (Å²) in [5, 5.41) is 5.83. The van der Waals surface area contributed by atoms with E-state index in [1.807, 2.05) is 39.0 Å². The van der Waals surface area contributed by atoms with E-state index in [0.29, 0.717) is 6.42 Å². The molecule has 1 heterocycles. The Balaban J connectivity index is 1.75. The van der Waals surface area contributed by atoms with Gasteiger partial charge in [-0.2, -0.15) is 0 Å². The maximum atomic E-state index is 13.0. The summed E-state index contributed by atoms with van der Waals surface area (Å²) in [7, 11) is 0. The Hall–Kier alpha value is -2.37. The highest BCUT2D eigenvalue weighted by Gasteiger charge is 2.55. The average Bonchev–Trinajstić information content (AvgIpc) is 2.89. The number of anilines is 1. The van der Waals surface area contributed by atoms with Gasteiger partial charge >= 0.3 is 6.03 Å². The number of rotatable bonds is 5. The van der Waals surface area contributed by atoms with Gasteiger partial charge in [0.1, 0.15) is 12.1 Å². The Morgan fingerprint density at radius 3 is 2.48 bits per heavy atom. The first-order valence-corrected chi connectivity index (χ1v) is 9.97. The minimum Gasteiger partial charge on any atom is -0.324 e. The zero-order valence-electron chi connectivity index (χ0n) is 16.4. The van der Waals surface area contributed by atoms with Gasteiger partial charge in [-0.1, -0.05) is 51.8 Å². The largest absolute Gasteiger partial charge is 0.325 e. The van der Waals surface area contributed by atoms with Crippen LogP contribution in [0.5, 0.6) is 0 Å². The predicted octanol–water partition coefficient (Wildman–Crippen LogP) is 3.25. The van der Waals surface area contributed by atoms with Crippen LogP contribution in [0.15, 0.2) is 18.2 Å². The van der Waals surface area contributed by atoms with Crippen LogP contribution in [0.3, 0.4) is 0 Å². The molecule has 2 atom stereocenters. The van der Waals surface area contributed by atoms with Gasteiger partial charge in [0.15, 0.2) is 0 Å². The van der Waals surface area contributed by atoms with Crippen molar-refractivity contribution in [3.63, 3.8) is 0 Å². The Kier molecular flexibility index (Phi) is 5.53. The second-order valence-electron chi connectivity index (χ2n) is 7.65. The predicted molar refractivity (Wildman–Crippen MR) is 104 cm³/mol. The fourth-order valence-electron chi connectivity index (χ4n) is 4.36. The first kappa shape index (κ1) is 19.4. The Labute approximate surface area is 160 Å². The normalized spacial score (nSPS) is 25.0. The number of benzene rings is 1. The molecule has 2 fully saturated rings. The lowest BCUT2D eigenvalue weighted by Gasteiger charge is -2.36. The van der Waals surface area contributed by atoms with Gasteiger partial charge in [0.05, 0.1) is 0 Å². The van der Waals surface area contributed by atoms with E-state index >= 15 is 0 Å². The number of para-hydroxylation sites is 1. The molecule has 0 aromatic heterocycles. The van der Waals surface area contributed by atoms with Crippen molar-refractivity contribution >= 4 is 23.5 Å². The third-order valence-corrected chi connectivity index (χ3v) is 6.07. The highest BCUT2D eigenvalue weighted by molar-refractivity contribution is 6.10.